The second kappa shape index (κ2) is 6.74. The predicted octanol–water partition coefficient (Wildman–Crippen LogP) is 2.83. The van der Waals surface area contributed by atoms with E-state index < -0.39 is 11.5 Å². The van der Waals surface area contributed by atoms with Crippen LogP contribution in [0.3, 0.4) is 0 Å². The molecule has 0 heterocycles. The van der Waals surface area contributed by atoms with Gasteiger partial charge in [0.1, 0.15) is 5.75 Å². The zero-order chi connectivity index (χ0) is 15.3. The number of ether oxygens (including phenoxy) is 1. The van der Waals surface area contributed by atoms with E-state index in [4.69, 9.17) is 9.84 Å². The molecule has 0 aliphatic rings. The lowest BCUT2D eigenvalue weighted by atomic mass is 9.98. The largest absolute Gasteiger partial charge is 0.496 e. The second-order valence-corrected chi connectivity index (χ2v) is 5.94. The van der Waals surface area contributed by atoms with Gasteiger partial charge < -0.3 is 15.2 Å². The molecule has 0 fully saturated rings. The molecule has 5 nitrogen and oxygen atoms in total. The number of carboxylic acids is 1. The van der Waals surface area contributed by atoms with Crippen molar-refractivity contribution in [1.82, 2.24) is 5.32 Å². The Balaban J connectivity index is 2.75. The Morgan fingerprint density at radius 2 is 2.05 bits per heavy atom. The summed E-state index contributed by atoms with van der Waals surface area (Å²) >= 11 is 3.32. The van der Waals surface area contributed by atoms with E-state index in [9.17, 15) is 9.59 Å². The van der Waals surface area contributed by atoms with Crippen molar-refractivity contribution in [3.63, 3.8) is 0 Å². The fourth-order valence-electron chi connectivity index (χ4n) is 1.67. The number of halogens is 1. The average Bonchev–Trinajstić information content (AvgIpc) is 2.36. The third-order valence-corrected chi connectivity index (χ3v) is 3.45. The van der Waals surface area contributed by atoms with Crippen LogP contribution in [-0.2, 0) is 4.79 Å². The monoisotopic (exact) mass is 343 g/mol. The maximum atomic E-state index is 12.1. The number of hydrogen-bond acceptors (Lipinski definition) is 3. The first-order valence-electron chi connectivity index (χ1n) is 6.13. The fourth-order valence-corrected chi connectivity index (χ4v) is 2.21. The number of nitrogens with one attached hydrogen (secondary N) is 1. The standard InChI is InChI=1S/C14H18BrNO4/c1-14(2,7-6-12(17)18)16-13(19)9-4-5-11(20-3)10(15)8-9/h4-5,8H,6-7H2,1-3H3,(H,16,19)(H,17,18). The Morgan fingerprint density at radius 1 is 1.40 bits per heavy atom. The number of carbonyl (C=O) groups excluding carboxylic acids is 1. The summed E-state index contributed by atoms with van der Waals surface area (Å²) < 4.78 is 5.79. The van der Waals surface area contributed by atoms with Crippen molar-refractivity contribution in [2.24, 2.45) is 0 Å². The third kappa shape index (κ3) is 4.85. The SMILES string of the molecule is COc1ccc(C(=O)NC(C)(C)CCC(=O)O)cc1Br. The lowest BCUT2D eigenvalue weighted by Crippen LogP contribution is -2.43. The quantitative estimate of drug-likeness (QED) is 0.832. The summed E-state index contributed by atoms with van der Waals surface area (Å²) in [4.78, 5) is 22.7. The maximum Gasteiger partial charge on any atom is 0.303 e. The van der Waals surface area contributed by atoms with Gasteiger partial charge in [-0.2, -0.15) is 0 Å². The number of rotatable bonds is 6. The molecule has 0 aliphatic heterocycles. The normalized spacial score (nSPS) is 11.0. The first kappa shape index (κ1) is 16.5. The number of carbonyl (C=O) groups is 2. The maximum absolute atomic E-state index is 12.1. The van der Waals surface area contributed by atoms with Crippen molar-refractivity contribution >= 4 is 27.8 Å². The van der Waals surface area contributed by atoms with Gasteiger partial charge in [-0.1, -0.05) is 0 Å². The summed E-state index contributed by atoms with van der Waals surface area (Å²) in [5, 5.41) is 11.5. The summed E-state index contributed by atoms with van der Waals surface area (Å²) in [6.45, 7) is 3.60. The molecule has 0 unspecified atom stereocenters. The Labute approximate surface area is 126 Å². The van der Waals surface area contributed by atoms with Crippen molar-refractivity contribution in [2.75, 3.05) is 7.11 Å². The molecule has 110 valence electrons. The summed E-state index contributed by atoms with van der Waals surface area (Å²) in [5.41, 5.74) is -0.0944. The molecule has 6 heteroatoms. The van der Waals surface area contributed by atoms with Crippen molar-refractivity contribution in [3.8, 4) is 5.75 Å². The van der Waals surface area contributed by atoms with Gasteiger partial charge in [0.2, 0.25) is 0 Å². The molecule has 0 spiro atoms. The minimum atomic E-state index is -0.875. The van der Waals surface area contributed by atoms with E-state index in [1.165, 1.54) is 0 Å². The highest BCUT2D eigenvalue weighted by Gasteiger charge is 2.22. The van der Waals surface area contributed by atoms with E-state index in [0.29, 0.717) is 22.2 Å². The molecular formula is C14H18BrNO4. The van der Waals surface area contributed by atoms with E-state index in [1.807, 2.05) is 0 Å². The van der Waals surface area contributed by atoms with Crippen LogP contribution in [0.5, 0.6) is 5.75 Å². The first-order valence-corrected chi connectivity index (χ1v) is 6.92. The first-order chi connectivity index (χ1) is 9.25. The van der Waals surface area contributed by atoms with Crippen LogP contribution in [0, 0.1) is 0 Å². The Morgan fingerprint density at radius 3 is 2.55 bits per heavy atom. The van der Waals surface area contributed by atoms with E-state index >= 15 is 0 Å². The summed E-state index contributed by atoms with van der Waals surface area (Å²) in [6.07, 6.45) is 0.380. The number of benzene rings is 1. The van der Waals surface area contributed by atoms with Gasteiger partial charge in [0.05, 0.1) is 11.6 Å². The molecule has 1 amide bonds. The minimum absolute atomic E-state index is 0.0135. The lowest BCUT2D eigenvalue weighted by Gasteiger charge is -2.25. The number of hydrogen-bond donors (Lipinski definition) is 2. The van der Waals surface area contributed by atoms with Crippen LogP contribution in [-0.4, -0.2) is 29.6 Å². The van der Waals surface area contributed by atoms with Gasteiger partial charge in [0, 0.05) is 17.5 Å². The number of amides is 1. The van der Waals surface area contributed by atoms with Gasteiger partial charge in [0.25, 0.3) is 5.91 Å². The van der Waals surface area contributed by atoms with E-state index in [1.54, 1.807) is 39.2 Å². The molecule has 0 saturated carbocycles. The molecule has 0 atom stereocenters. The van der Waals surface area contributed by atoms with Crippen LogP contribution in [0.4, 0.5) is 0 Å². The molecule has 0 saturated heterocycles. The molecule has 1 rings (SSSR count). The van der Waals surface area contributed by atoms with Crippen LogP contribution >= 0.6 is 15.9 Å². The molecule has 2 N–H and O–H groups in total. The van der Waals surface area contributed by atoms with Gasteiger partial charge in [0.15, 0.2) is 0 Å². The molecule has 20 heavy (non-hydrogen) atoms. The molecular weight excluding hydrogens is 326 g/mol. The minimum Gasteiger partial charge on any atom is -0.496 e. The molecule has 0 aromatic heterocycles. The number of aliphatic carboxylic acids is 1. The smallest absolute Gasteiger partial charge is 0.303 e. The van der Waals surface area contributed by atoms with Crippen LogP contribution < -0.4 is 10.1 Å². The summed E-state index contributed by atoms with van der Waals surface area (Å²) in [5.74, 6) is -0.477. The highest BCUT2D eigenvalue weighted by molar-refractivity contribution is 9.10. The fraction of sp³-hybridized carbons (Fsp3) is 0.429. The molecule has 1 aromatic carbocycles. The van der Waals surface area contributed by atoms with Crippen LogP contribution in [0.2, 0.25) is 0 Å². The Bertz CT molecular complexity index is 514. The zero-order valence-electron chi connectivity index (χ0n) is 11.7. The predicted molar refractivity (Wildman–Crippen MR) is 79.1 cm³/mol. The van der Waals surface area contributed by atoms with Gasteiger partial charge in [-0.05, 0) is 54.4 Å². The third-order valence-electron chi connectivity index (χ3n) is 2.83. The van der Waals surface area contributed by atoms with Crippen molar-refractivity contribution in [2.45, 2.75) is 32.2 Å². The number of carboxylic acid groups (broad SMARTS) is 1. The van der Waals surface area contributed by atoms with E-state index in [-0.39, 0.29) is 12.3 Å². The van der Waals surface area contributed by atoms with Crippen LogP contribution in [0.1, 0.15) is 37.0 Å². The van der Waals surface area contributed by atoms with Crippen LogP contribution in [0.25, 0.3) is 0 Å². The Kier molecular flexibility index (Phi) is 5.56. The van der Waals surface area contributed by atoms with Gasteiger partial charge in [-0.3, -0.25) is 9.59 Å². The van der Waals surface area contributed by atoms with Gasteiger partial charge in [-0.25, -0.2) is 0 Å². The van der Waals surface area contributed by atoms with Crippen molar-refractivity contribution in [1.29, 1.82) is 0 Å². The lowest BCUT2D eigenvalue weighted by molar-refractivity contribution is -0.137. The van der Waals surface area contributed by atoms with Crippen LogP contribution in [0.15, 0.2) is 22.7 Å². The van der Waals surface area contributed by atoms with Crippen molar-refractivity contribution < 1.29 is 19.4 Å². The average molecular weight is 344 g/mol. The molecule has 0 aliphatic carbocycles. The zero-order valence-corrected chi connectivity index (χ0v) is 13.3. The van der Waals surface area contributed by atoms with E-state index in [0.717, 1.165) is 0 Å². The molecule has 1 aromatic rings. The van der Waals surface area contributed by atoms with Gasteiger partial charge in [-0.15, -0.1) is 0 Å². The van der Waals surface area contributed by atoms with Gasteiger partial charge >= 0.3 is 5.97 Å². The summed E-state index contributed by atoms with van der Waals surface area (Å²) in [7, 11) is 1.55. The topological polar surface area (TPSA) is 75.6 Å². The highest BCUT2D eigenvalue weighted by Crippen LogP contribution is 2.25. The highest BCUT2D eigenvalue weighted by atomic mass is 79.9. The second-order valence-electron chi connectivity index (χ2n) is 5.08. The molecule has 0 bridgehead atoms. The number of methoxy groups -OCH3 is 1. The molecule has 0 radical (unpaired) electrons. The van der Waals surface area contributed by atoms with Crippen molar-refractivity contribution in [3.05, 3.63) is 28.2 Å². The van der Waals surface area contributed by atoms with E-state index in [2.05, 4.69) is 21.2 Å². The summed E-state index contributed by atoms with van der Waals surface area (Å²) in [6, 6.07) is 5.02. The Hall–Kier alpha value is -1.56.